The fourth-order valence-corrected chi connectivity index (χ4v) is 3.15. The number of hydrogen-bond donors (Lipinski definition) is 0. The number of para-hydroxylation sites is 1. The van der Waals surface area contributed by atoms with Crippen LogP contribution in [0, 0.1) is 5.92 Å². The number of rotatable bonds is 4. The van der Waals surface area contributed by atoms with Crippen LogP contribution in [-0.4, -0.2) is 40.7 Å². The Balaban J connectivity index is 1.53. The molecule has 2 heterocycles. The van der Waals surface area contributed by atoms with Crippen molar-refractivity contribution >= 4 is 23.2 Å². The van der Waals surface area contributed by atoms with Crippen LogP contribution >= 0.6 is 11.6 Å². The summed E-state index contributed by atoms with van der Waals surface area (Å²) < 4.78 is 1.83. The molecule has 1 fully saturated rings. The zero-order valence-electron chi connectivity index (χ0n) is 13.2. The van der Waals surface area contributed by atoms with Gasteiger partial charge in [-0.2, -0.15) is 5.10 Å². The Hall–Kier alpha value is -1.85. The summed E-state index contributed by atoms with van der Waals surface area (Å²) in [5.74, 6) is 0.302. The van der Waals surface area contributed by atoms with Crippen LogP contribution in [0.5, 0.6) is 0 Å². The molecular weight excluding hydrogens is 312 g/mol. The van der Waals surface area contributed by atoms with Gasteiger partial charge in [0.1, 0.15) is 0 Å². The Bertz CT molecular complexity index is 650. The van der Waals surface area contributed by atoms with Gasteiger partial charge in [-0.15, -0.1) is 0 Å². The molecule has 0 bridgehead atoms. The predicted octanol–water partition coefficient (Wildman–Crippen LogP) is 2.87. The number of carbonyl (C=O) groups is 1. The number of benzene rings is 1. The predicted molar refractivity (Wildman–Crippen MR) is 91.4 cm³/mol. The lowest BCUT2D eigenvalue weighted by Gasteiger charge is -2.33. The number of carbonyl (C=O) groups excluding carboxylic acids is 1. The van der Waals surface area contributed by atoms with Crippen molar-refractivity contribution in [3.63, 3.8) is 0 Å². The van der Waals surface area contributed by atoms with E-state index in [0.29, 0.717) is 5.02 Å². The van der Waals surface area contributed by atoms with Crippen molar-refractivity contribution < 1.29 is 4.79 Å². The lowest BCUT2D eigenvalue weighted by Crippen LogP contribution is -2.41. The molecule has 23 heavy (non-hydrogen) atoms. The van der Waals surface area contributed by atoms with Gasteiger partial charge in [0.25, 0.3) is 0 Å². The van der Waals surface area contributed by atoms with Crippen LogP contribution < -0.4 is 4.90 Å². The Morgan fingerprint density at radius 3 is 2.61 bits per heavy atom. The van der Waals surface area contributed by atoms with Crippen LogP contribution in [-0.2, 0) is 11.5 Å². The zero-order valence-corrected chi connectivity index (χ0v) is 14.0. The topological polar surface area (TPSA) is 41.4 Å². The fraction of sp³-hybridized carbons (Fsp3) is 0.412. The van der Waals surface area contributed by atoms with Gasteiger partial charge in [-0.1, -0.05) is 29.8 Å². The lowest BCUT2D eigenvalue weighted by molar-refractivity contribution is -0.123. The van der Waals surface area contributed by atoms with Crippen molar-refractivity contribution in [3.8, 4) is 0 Å². The second-order valence-electron chi connectivity index (χ2n) is 5.96. The van der Waals surface area contributed by atoms with Crippen molar-refractivity contribution in [1.29, 1.82) is 0 Å². The van der Waals surface area contributed by atoms with Gasteiger partial charge in [0.2, 0.25) is 5.91 Å². The van der Waals surface area contributed by atoms with Crippen LogP contribution in [0.15, 0.2) is 42.7 Å². The first-order valence-corrected chi connectivity index (χ1v) is 8.24. The highest BCUT2D eigenvalue weighted by Crippen LogP contribution is 2.22. The van der Waals surface area contributed by atoms with Crippen molar-refractivity contribution in [1.82, 2.24) is 14.7 Å². The number of piperidine rings is 1. The van der Waals surface area contributed by atoms with Crippen molar-refractivity contribution in [2.24, 2.45) is 5.92 Å². The number of nitrogens with zero attached hydrogens (tertiary/aromatic N) is 4. The minimum atomic E-state index is 0.0951. The third-order valence-corrected chi connectivity index (χ3v) is 4.55. The van der Waals surface area contributed by atoms with E-state index < -0.39 is 0 Å². The van der Waals surface area contributed by atoms with E-state index in [1.807, 2.05) is 48.3 Å². The molecule has 0 radical (unpaired) electrons. The summed E-state index contributed by atoms with van der Waals surface area (Å²) in [4.78, 5) is 16.7. The quantitative estimate of drug-likeness (QED) is 0.864. The first-order chi connectivity index (χ1) is 11.1. The zero-order chi connectivity index (χ0) is 16.2. The maximum absolute atomic E-state index is 12.6. The number of likely N-dealkylation sites (tertiary alicyclic amines) is 1. The third-order valence-electron chi connectivity index (χ3n) is 4.36. The Labute approximate surface area is 141 Å². The van der Waals surface area contributed by atoms with Gasteiger partial charge in [-0.3, -0.25) is 14.4 Å². The second-order valence-corrected chi connectivity index (χ2v) is 6.40. The van der Waals surface area contributed by atoms with Gasteiger partial charge in [0, 0.05) is 37.9 Å². The molecular formula is C17H21ClN4O. The first-order valence-electron chi connectivity index (χ1n) is 7.86. The average Bonchev–Trinajstić information content (AvgIpc) is 3.00. The molecule has 122 valence electrons. The normalized spacial score (nSPS) is 16.4. The molecule has 0 saturated carbocycles. The molecule has 1 aromatic carbocycles. The summed E-state index contributed by atoms with van der Waals surface area (Å²) in [5, 5.41) is 4.85. The van der Waals surface area contributed by atoms with Crippen molar-refractivity contribution in [2.45, 2.75) is 19.5 Å². The lowest BCUT2D eigenvalue weighted by atomic mass is 9.95. The van der Waals surface area contributed by atoms with E-state index in [1.165, 1.54) is 0 Å². The van der Waals surface area contributed by atoms with Gasteiger partial charge in [-0.25, -0.2) is 0 Å². The van der Waals surface area contributed by atoms with Gasteiger partial charge in [0.15, 0.2) is 0 Å². The molecule has 1 aliphatic heterocycles. The maximum atomic E-state index is 12.6. The van der Waals surface area contributed by atoms with E-state index in [2.05, 4.69) is 10.00 Å². The number of aromatic nitrogens is 2. The van der Waals surface area contributed by atoms with Crippen molar-refractivity contribution in [2.75, 3.05) is 25.0 Å². The van der Waals surface area contributed by atoms with Crippen LogP contribution in [0.1, 0.15) is 12.8 Å². The van der Waals surface area contributed by atoms with Gasteiger partial charge >= 0.3 is 0 Å². The van der Waals surface area contributed by atoms with E-state index in [-0.39, 0.29) is 11.8 Å². The van der Waals surface area contributed by atoms with E-state index in [1.54, 1.807) is 11.1 Å². The molecule has 6 heteroatoms. The van der Waals surface area contributed by atoms with Crippen LogP contribution in [0.25, 0.3) is 0 Å². The molecule has 1 amide bonds. The smallest absolute Gasteiger partial charge is 0.229 e. The number of halogens is 1. The Kier molecular flexibility index (Phi) is 4.98. The monoisotopic (exact) mass is 332 g/mol. The number of amides is 1. The summed E-state index contributed by atoms with van der Waals surface area (Å²) in [7, 11) is 1.86. The molecule has 1 saturated heterocycles. The SMILES string of the molecule is CN(C(=O)C1CCN(Cn2cc(Cl)cn2)CC1)c1ccccc1. The summed E-state index contributed by atoms with van der Waals surface area (Å²) in [6.07, 6.45) is 5.23. The Morgan fingerprint density at radius 1 is 1.30 bits per heavy atom. The highest BCUT2D eigenvalue weighted by atomic mass is 35.5. The van der Waals surface area contributed by atoms with Crippen LogP contribution in [0.2, 0.25) is 5.02 Å². The molecule has 0 atom stereocenters. The van der Waals surface area contributed by atoms with E-state index in [0.717, 1.165) is 38.3 Å². The van der Waals surface area contributed by atoms with Gasteiger partial charge < -0.3 is 4.90 Å². The minimum Gasteiger partial charge on any atom is -0.315 e. The standard InChI is InChI=1S/C17H21ClN4O/c1-20(16-5-3-2-4-6-16)17(23)14-7-9-21(10-8-14)13-22-12-15(18)11-19-22/h2-6,11-12,14H,7-10,13H2,1H3. The molecule has 3 rings (SSSR count). The second kappa shape index (κ2) is 7.15. The third kappa shape index (κ3) is 3.92. The number of anilines is 1. The molecule has 5 nitrogen and oxygen atoms in total. The molecule has 0 unspecified atom stereocenters. The van der Waals surface area contributed by atoms with Gasteiger partial charge in [0.05, 0.1) is 17.9 Å². The minimum absolute atomic E-state index is 0.0951. The molecule has 1 aliphatic rings. The largest absolute Gasteiger partial charge is 0.315 e. The summed E-state index contributed by atoms with van der Waals surface area (Å²) >= 11 is 5.88. The van der Waals surface area contributed by atoms with E-state index in [4.69, 9.17) is 11.6 Å². The maximum Gasteiger partial charge on any atom is 0.229 e. The average molecular weight is 333 g/mol. The molecule has 0 spiro atoms. The molecule has 0 N–H and O–H groups in total. The summed E-state index contributed by atoms with van der Waals surface area (Å²) in [6.45, 7) is 2.52. The highest BCUT2D eigenvalue weighted by Gasteiger charge is 2.27. The van der Waals surface area contributed by atoms with Crippen molar-refractivity contribution in [3.05, 3.63) is 47.7 Å². The highest BCUT2D eigenvalue weighted by molar-refractivity contribution is 6.30. The van der Waals surface area contributed by atoms with Crippen LogP contribution in [0.3, 0.4) is 0 Å². The fourth-order valence-electron chi connectivity index (χ4n) is 2.99. The van der Waals surface area contributed by atoms with Gasteiger partial charge in [-0.05, 0) is 25.0 Å². The first kappa shape index (κ1) is 16.0. The summed E-state index contributed by atoms with van der Waals surface area (Å²) in [5.41, 5.74) is 0.950. The summed E-state index contributed by atoms with van der Waals surface area (Å²) in [6, 6.07) is 9.80. The molecule has 0 aliphatic carbocycles. The van der Waals surface area contributed by atoms with E-state index >= 15 is 0 Å². The van der Waals surface area contributed by atoms with E-state index in [9.17, 15) is 4.79 Å². The Morgan fingerprint density at radius 2 is 2.00 bits per heavy atom. The molecule has 1 aromatic heterocycles. The molecule has 2 aromatic rings. The van der Waals surface area contributed by atoms with Crippen LogP contribution in [0.4, 0.5) is 5.69 Å². The number of hydrogen-bond acceptors (Lipinski definition) is 3.